The first-order valence-electron chi connectivity index (χ1n) is 7.63. The molecule has 3 rings (SSSR count). The molecule has 0 saturated heterocycles. The lowest BCUT2D eigenvalue weighted by Crippen LogP contribution is -2.42. The fraction of sp³-hybridized carbons (Fsp3) is 0.625. The Morgan fingerprint density at radius 2 is 2.19 bits per heavy atom. The van der Waals surface area contributed by atoms with Crippen LogP contribution in [0.3, 0.4) is 0 Å². The lowest BCUT2D eigenvalue weighted by atomic mass is 9.77. The number of rotatable bonds is 5. The highest BCUT2D eigenvalue weighted by Gasteiger charge is 2.40. The molecular weight excluding hydrogens is 266 g/mol. The molecule has 21 heavy (non-hydrogen) atoms. The van der Waals surface area contributed by atoms with E-state index in [1.54, 1.807) is 6.20 Å². The summed E-state index contributed by atoms with van der Waals surface area (Å²) >= 11 is 0. The second-order valence-corrected chi connectivity index (χ2v) is 6.76. The number of pyridine rings is 1. The molecule has 1 saturated carbocycles. The Balaban J connectivity index is 1.72. The minimum Gasteiger partial charge on any atom is -0.492 e. The van der Waals surface area contributed by atoms with Crippen molar-refractivity contribution in [1.82, 2.24) is 14.8 Å². The molecule has 1 aliphatic carbocycles. The normalized spacial score (nSPS) is 25.3. The average molecular weight is 289 g/mol. The van der Waals surface area contributed by atoms with Crippen LogP contribution in [0, 0.1) is 5.92 Å². The van der Waals surface area contributed by atoms with Crippen molar-refractivity contribution < 1.29 is 9.84 Å². The van der Waals surface area contributed by atoms with Gasteiger partial charge in [0, 0.05) is 5.39 Å². The van der Waals surface area contributed by atoms with Gasteiger partial charge in [-0.3, -0.25) is 0 Å². The van der Waals surface area contributed by atoms with Crippen LogP contribution in [0.4, 0.5) is 0 Å². The largest absolute Gasteiger partial charge is 0.492 e. The van der Waals surface area contributed by atoms with Crippen LogP contribution in [0.25, 0.3) is 11.0 Å². The predicted octanol–water partition coefficient (Wildman–Crippen LogP) is 2.94. The fourth-order valence-electron chi connectivity index (χ4n) is 2.81. The Kier molecular flexibility index (Phi) is 3.61. The number of hydrogen-bond acceptors (Lipinski definition) is 4. The zero-order chi connectivity index (χ0) is 15.0. The van der Waals surface area contributed by atoms with E-state index >= 15 is 0 Å². The monoisotopic (exact) mass is 289 g/mol. The molecule has 0 spiro atoms. The van der Waals surface area contributed by atoms with E-state index in [1.807, 2.05) is 23.9 Å². The smallest absolute Gasteiger partial charge is 0.158 e. The molecule has 5 nitrogen and oxygen atoms in total. The molecule has 1 N–H and O–H groups in total. The van der Waals surface area contributed by atoms with Crippen molar-refractivity contribution in [3.8, 4) is 5.75 Å². The molecule has 2 aromatic rings. The van der Waals surface area contributed by atoms with Crippen molar-refractivity contribution in [3.63, 3.8) is 0 Å². The van der Waals surface area contributed by atoms with Crippen molar-refractivity contribution >= 4 is 11.0 Å². The highest BCUT2D eigenvalue weighted by molar-refractivity contribution is 5.76. The molecule has 0 amide bonds. The average Bonchev–Trinajstić information content (AvgIpc) is 2.78. The minimum atomic E-state index is -0.553. The van der Waals surface area contributed by atoms with E-state index in [0.29, 0.717) is 12.5 Å². The van der Waals surface area contributed by atoms with Crippen LogP contribution in [0.1, 0.15) is 46.1 Å². The number of nitrogens with zero attached hydrogens (tertiary/aromatic N) is 3. The molecule has 1 fully saturated rings. The third-order valence-corrected chi connectivity index (χ3v) is 4.07. The number of hydrogen-bond donors (Lipinski definition) is 1. The van der Waals surface area contributed by atoms with E-state index in [-0.39, 0.29) is 6.04 Å². The van der Waals surface area contributed by atoms with E-state index in [9.17, 15) is 5.11 Å². The highest BCUT2D eigenvalue weighted by atomic mass is 16.5. The van der Waals surface area contributed by atoms with Gasteiger partial charge in [0.2, 0.25) is 0 Å². The summed E-state index contributed by atoms with van der Waals surface area (Å²) in [4.78, 5) is 4.48. The molecule has 2 heterocycles. The first kappa shape index (κ1) is 14.3. The van der Waals surface area contributed by atoms with Gasteiger partial charge in [0.15, 0.2) is 5.65 Å². The molecular formula is C16H23N3O2. The Labute approximate surface area is 124 Å². The van der Waals surface area contributed by atoms with Gasteiger partial charge in [-0.1, -0.05) is 13.8 Å². The van der Waals surface area contributed by atoms with Crippen LogP contribution in [0.15, 0.2) is 18.5 Å². The van der Waals surface area contributed by atoms with Gasteiger partial charge in [-0.2, -0.15) is 5.10 Å². The van der Waals surface area contributed by atoms with Gasteiger partial charge in [-0.25, -0.2) is 9.67 Å². The zero-order valence-corrected chi connectivity index (χ0v) is 12.9. The quantitative estimate of drug-likeness (QED) is 0.919. The summed E-state index contributed by atoms with van der Waals surface area (Å²) in [6.45, 7) is 6.94. The SMILES string of the molecule is CC(C)CCOc1cnc2c(cnn2[C@H]2C[C@@](C)(O)C2)c1. The second kappa shape index (κ2) is 5.30. The number of fused-ring (bicyclic) bond motifs is 1. The van der Waals surface area contributed by atoms with Crippen LogP contribution in [-0.2, 0) is 0 Å². The van der Waals surface area contributed by atoms with Crippen molar-refractivity contribution in [1.29, 1.82) is 0 Å². The van der Waals surface area contributed by atoms with Crippen molar-refractivity contribution in [3.05, 3.63) is 18.5 Å². The number of aromatic nitrogens is 3. The summed E-state index contributed by atoms with van der Waals surface area (Å²) in [5.74, 6) is 1.43. The van der Waals surface area contributed by atoms with E-state index < -0.39 is 5.60 Å². The van der Waals surface area contributed by atoms with Crippen LogP contribution in [0.2, 0.25) is 0 Å². The molecule has 0 aliphatic heterocycles. The molecule has 114 valence electrons. The lowest BCUT2D eigenvalue weighted by Gasteiger charge is -2.40. The summed E-state index contributed by atoms with van der Waals surface area (Å²) in [6.07, 6.45) is 6.09. The molecule has 2 aromatic heterocycles. The molecule has 5 heteroatoms. The predicted molar refractivity (Wildman–Crippen MR) is 81.4 cm³/mol. The maximum atomic E-state index is 9.86. The summed E-state index contributed by atoms with van der Waals surface area (Å²) in [5.41, 5.74) is 0.315. The lowest BCUT2D eigenvalue weighted by molar-refractivity contribution is -0.0531. The van der Waals surface area contributed by atoms with Gasteiger partial charge in [0.25, 0.3) is 0 Å². The molecule has 0 unspecified atom stereocenters. The Hall–Kier alpha value is -1.62. The first-order chi connectivity index (χ1) is 9.94. The third kappa shape index (κ3) is 3.02. The molecule has 0 bridgehead atoms. The number of aliphatic hydroxyl groups is 1. The van der Waals surface area contributed by atoms with Gasteiger partial charge >= 0.3 is 0 Å². The van der Waals surface area contributed by atoms with E-state index in [0.717, 1.165) is 36.0 Å². The van der Waals surface area contributed by atoms with Crippen LogP contribution in [-0.4, -0.2) is 32.1 Å². The molecule has 1 aliphatic rings. The summed E-state index contributed by atoms with van der Waals surface area (Å²) in [5, 5.41) is 15.3. The second-order valence-electron chi connectivity index (χ2n) is 6.76. The minimum absolute atomic E-state index is 0.248. The maximum Gasteiger partial charge on any atom is 0.158 e. The van der Waals surface area contributed by atoms with Crippen LogP contribution < -0.4 is 4.74 Å². The Morgan fingerprint density at radius 1 is 1.43 bits per heavy atom. The van der Waals surface area contributed by atoms with E-state index in [1.165, 1.54) is 0 Å². The van der Waals surface area contributed by atoms with Gasteiger partial charge in [0.05, 0.1) is 30.6 Å². The van der Waals surface area contributed by atoms with Gasteiger partial charge in [0.1, 0.15) is 5.75 Å². The van der Waals surface area contributed by atoms with E-state index in [4.69, 9.17) is 4.74 Å². The fourth-order valence-corrected chi connectivity index (χ4v) is 2.81. The third-order valence-electron chi connectivity index (χ3n) is 4.07. The molecule has 0 atom stereocenters. The van der Waals surface area contributed by atoms with E-state index in [2.05, 4.69) is 23.9 Å². The maximum absolute atomic E-state index is 9.86. The highest BCUT2D eigenvalue weighted by Crippen LogP contribution is 2.41. The van der Waals surface area contributed by atoms with Crippen LogP contribution in [0.5, 0.6) is 5.75 Å². The first-order valence-corrected chi connectivity index (χ1v) is 7.63. The topological polar surface area (TPSA) is 60.2 Å². The van der Waals surface area contributed by atoms with Gasteiger partial charge in [-0.15, -0.1) is 0 Å². The molecule has 0 aromatic carbocycles. The van der Waals surface area contributed by atoms with Gasteiger partial charge < -0.3 is 9.84 Å². The Morgan fingerprint density at radius 3 is 2.86 bits per heavy atom. The van der Waals surface area contributed by atoms with Crippen molar-refractivity contribution in [2.75, 3.05) is 6.61 Å². The summed E-state index contributed by atoms with van der Waals surface area (Å²) in [7, 11) is 0. The standard InChI is InChI=1S/C16H23N3O2/c1-11(2)4-5-21-14-6-12-9-18-19(15(12)17-10-14)13-7-16(3,20)8-13/h6,9-11,13,20H,4-5,7-8H2,1-3H3/t13-,16+. The van der Waals surface area contributed by atoms with Crippen LogP contribution >= 0.6 is 0 Å². The Bertz CT molecular complexity index is 625. The number of ether oxygens (including phenoxy) is 1. The summed E-state index contributed by atoms with van der Waals surface area (Å²) in [6, 6.07) is 2.24. The van der Waals surface area contributed by atoms with Gasteiger partial charge in [-0.05, 0) is 38.2 Å². The molecule has 0 radical (unpaired) electrons. The van der Waals surface area contributed by atoms with Crippen molar-refractivity contribution in [2.24, 2.45) is 5.92 Å². The summed E-state index contributed by atoms with van der Waals surface area (Å²) < 4.78 is 7.65. The van der Waals surface area contributed by atoms with Crippen molar-refractivity contribution in [2.45, 2.75) is 51.7 Å². The zero-order valence-electron chi connectivity index (χ0n) is 12.9.